The molecule has 0 aromatic heterocycles. The molecular weight excluding hydrogens is 410 g/mol. The van der Waals surface area contributed by atoms with Crippen molar-refractivity contribution in [3.8, 4) is 6.07 Å². The molecule has 0 bridgehead atoms. The maximum atomic E-state index is 12.9. The lowest BCUT2D eigenvalue weighted by Crippen LogP contribution is -2.47. The first-order chi connectivity index (χ1) is 16.0. The summed E-state index contributed by atoms with van der Waals surface area (Å²) in [5.74, 6) is 0.895. The molecule has 2 atom stereocenters. The highest BCUT2D eigenvalue weighted by Gasteiger charge is 2.36. The van der Waals surface area contributed by atoms with Gasteiger partial charge in [-0.25, -0.2) is 0 Å². The van der Waals surface area contributed by atoms with Crippen LogP contribution in [0.4, 0.5) is 0 Å². The molecule has 1 aromatic carbocycles. The fourth-order valence-electron chi connectivity index (χ4n) is 5.67. The molecule has 0 radical (unpaired) electrons. The predicted molar refractivity (Wildman–Crippen MR) is 131 cm³/mol. The number of benzene rings is 1. The van der Waals surface area contributed by atoms with Crippen LogP contribution in [0, 0.1) is 23.2 Å². The average molecular weight is 452 g/mol. The van der Waals surface area contributed by atoms with Gasteiger partial charge in [0.15, 0.2) is 0 Å². The third-order valence-corrected chi connectivity index (χ3v) is 7.85. The number of amides is 2. The van der Waals surface area contributed by atoms with E-state index in [1.807, 2.05) is 30.3 Å². The smallest absolute Gasteiger partial charge is 0.242 e. The Balaban J connectivity index is 1.48. The summed E-state index contributed by atoms with van der Waals surface area (Å²) < 4.78 is 0. The van der Waals surface area contributed by atoms with Gasteiger partial charge in [0.1, 0.15) is 6.04 Å². The standard InChI is InChI=1S/C28H41N3O2/c1-22(2)28(21-29,24-14-7-4-8-15-24)18-10-9-17-26(32)31-19-11-16-25(31)27(33)30-20-23-12-5-3-6-13-23/h4,7-8,14-15,22-23,25H,3,5-6,9-13,16-20H2,1-2H3,(H,30,33)/t25-,28+/m1/s1. The Hall–Kier alpha value is -2.35. The lowest BCUT2D eigenvalue weighted by molar-refractivity contribution is -0.138. The first kappa shape index (κ1) is 25.3. The van der Waals surface area contributed by atoms with Gasteiger partial charge in [-0.2, -0.15) is 5.26 Å². The fourth-order valence-corrected chi connectivity index (χ4v) is 5.67. The van der Waals surface area contributed by atoms with Crippen LogP contribution in [0.15, 0.2) is 30.3 Å². The third-order valence-electron chi connectivity index (χ3n) is 7.85. The van der Waals surface area contributed by atoms with Crippen LogP contribution < -0.4 is 5.32 Å². The number of rotatable bonds is 10. The van der Waals surface area contributed by atoms with Crippen LogP contribution in [-0.2, 0) is 15.0 Å². The maximum absolute atomic E-state index is 12.9. The molecule has 2 fully saturated rings. The molecule has 3 rings (SSSR count). The molecule has 5 heteroatoms. The SMILES string of the molecule is CC(C)[C@@](C#N)(CCCCC(=O)N1CCC[C@@H]1C(=O)NCC1CCCCC1)c1ccccc1. The van der Waals surface area contributed by atoms with Gasteiger partial charge in [0.2, 0.25) is 11.8 Å². The number of likely N-dealkylation sites (tertiary alicyclic amines) is 1. The molecule has 33 heavy (non-hydrogen) atoms. The number of hydrogen-bond acceptors (Lipinski definition) is 3. The van der Waals surface area contributed by atoms with Gasteiger partial charge in [0, 0.05) is 19.5 Å². The summed E-state index contributed by atoms with van der Waals surface area (Å²) in [4.78, 5) is 27.5. The molecule has 2 amide bonds. The van der Waals surface area contributed by atoms with Crippen molar-refractivity contribution in [3.63, 3.8) is 0 Å². The topological polar surface area (TPSA) is 73.2 Å². The summed E-state index contributed by atoms with van der Waals surface area (Å²) in [6.07, 6.45) is 10.7. The predicted octanol–water partition coefficient (Wildman–Crippen LogP) is 5.35. The second-order valence-corrected chi connectivity index (χ2v) is 10.3. The molecule has 1 N–H and O–H groups in total. The molecular formula is C28H41N3O2. The Morgan fingerprint density at radius 1 is 1.09 bits per heavy atom. The number of carbonyl (C=O) groups is 2. The van der Waals surface area contributed by atoms with Gasteiger partial charge in [-0.3, -0.25) is 9.59 Å². The van der Waals surface area contributed by atoms with Crippen LogP contribution in [0.1, 0.15) is 90.0 Å². The van der Waals surface area contributed by atoms with E-state index in [1.165, 1.54) is 32.1 Å². The zero-order valence-electron chi connectivity index (χ0n) is 20.5. The molecule has 0 spiro atoms. The van der Waals surface area contributed by atoms with E-state index in [9.17, 15) is 14.9 Å². The first-order valence-electron chi connectivity index (χ1n) is 13.0. The van der Waals surface area contributed by atoms with E-state index >= 15 is 0 Å². The number of nitriles is 1. The number of nitrogens with zero attached hydrogens (tertiary/aromatic N) is 2. The number of carbonyl (C=O) groups excluding carboxylic acids is 2. The molecule has 1 saturated heterocycles. The van der Waals surface area contributed by atoms with Crippen molar-refractivity contribution in [2.45, 2.75) is 95.9 Å². The minimum absolute atomic E-state index is 0.0267. The van der Waals surface area contributed by atoms with E-state index in [0.717, 1.165) is 44.2 Å². The minimum Gasteiger partial charge on any atom is -0.354 e. The lowest BCUT2D eigenvalue weighted by atomic mass is 9.69. The number of hydrogen-bond donors (Lipinski definition) is 1. The highest BCUT2D eigenvalue weighted by atomic mass is 16.2. The summed E-state index contributed by atoms with van der Waals surface area (Å²) in [6.45, 7) is 5.63. The zero-order chi connectivity index (χ0) is 23.7. The zero-order valence-corrected chi connectivity index (χ0v) is 20.5. The minimum atomic E-state index is -0.528. The van der Waals surface area contributed by atoms with Crippen molar-refractivity contribution >= 4 is 11.8 Å². The van der Waals surface area contributed by atoms with E-state index < -0.39 is 5.41 Å². The highest BCUT2D eigenvalue weighted by Crippen LogP contribution is 2.37. The third kappa shape index (κ3) is 6.37. The molecule has 1 saturated carbocycles. The van der Waals surface area contributed by atoms with Crippen molar-refractivity contribution < 1.29 is 9.59 Å². The second-order valence-electron chi connectivity index (χ2n) is 10.3. The molecule has 1 aromatic rings. The van der Waals surface area contributed by atoms with Gasteiger partial charge in [-0.1, -0.05) is 69.9 Å². The summed E-state index contributed by atoms with van der Waals surface area (Å²) in [5.41, 5.74) is 0.530. The maximum Gasteiger partial charge on any atom is 0.242 e. The Labute approximate surface area is 199 Å². The van der Waals surface area contributed by atoms with Crippen molar-refractivity contribution in [1.82, 2.24) is 10.2 Å². The average Bonchev–Trinajstić information content (AvgIpc) is 3.34. The van der Waals surface area contributed by atoms with Crippen molar-refractivity contribution in [2.24, 2.45) is 11.8 Å². The van der Waals surface area contributed by atoms with Crippen LogP contribution in [0.2, 0.25) is 0 Å². The second kappa shape index (κ2) is 12.2. The molecule has 0 unspecified atom stereocenters. The van der Waals surface area contributed by atoms with E-state index in [4.69, 9.17) is 0 Å². The molecule has 5 nitrogen and oxygen atoms in total. The monoisotopic (exact) mass is 451 g/mol. The summed E-state index contributed by atoms with van der Waals surface area (Å²) in [6, 6.07) is 12.3. The van der Waals surface area contributed by atoms with Gasteiger partial charge < -0.3 is 10.2 Å². The number of unbranched alkanes of at least 4 members (excludes halogenated alkanes) is 1. The molecule has 1 aliphatic carbocycles. The molecule has 180 valence electrons. The van der Waals surface area contributed by atoms with Crippen molar-refractivity contribution in [2.75, 3.05) is 13.1 Å². The highest BCUT2D eigenvalue weighted by molar-refractivity contribution is 5.88. The van der Waals surface area contributed by atoms with Gasteiger partial charge in [-0.05, 0) is 55.9 Å². The van der Waals surface area contributed by atoms with Gasteiger partial charge in [0.25, 0.3) is 0 Å². The van der Waals surface area contributed by atoms with Gasteiger partial charge in [-0.15, -0.1) is 0 Å². The normalized spacial score (nSPS) is 20.9. The largest absolute Gasteiger partial charge is 0.354 e. The van der Waals surface area contributed by atoms with Gasteiger partial charge in [0.05, 0.1) is 11.5 Å². The Kier molecular flexibility index (Phi) is 9.35. The Morgan fingerprint density at radius 3 is 2.48 bits per heavy atom. The van der Waals surface area contributed by atoms with E-state index in [0.29, 0.717) is 18.9 Å². The molecule has 1 heterocycles. The summed E-state index contributed by atoms with van der Waals surface area (Å²) in [7, 11) is 0. The van der Waals surface area contributed by atoms with Crippen LogP contribution in [-0.4, -0.2) is 35.8 Å². The Morgan fingerprint density at radius 2 is 1.82 bits per heavy atom. The van der Waals surface area contributed by atoms with Crippen molar-refractivity contribution in [1.29, 1.82) is 5.26 Å². The van der Waals surface area contributed by atoms with Crippen LogP contribution in [0.5, 0.6) is 0 Å². The summed E-state index contributed by atoms with van der Waals surface area (Å²) in [5, 5.41) is 13.2. The van der Waals surface area contributed by atoms with E-state index in [-0.39, 0.29) is 23.8 Å². The van der Waals surface area contributed by atoms with E-state index in [2.05, 4.69) is 25.2 Å². The first-order valence-corrected chi connectivity index (χ1v) is 13.0. The summed E-state index contributed by atoms with van der Waals surface area (Å²) >= 11 is 0. The van der Waals surface area contributed by atoms with Crippen LogP contribution in [0.25, 0.3) is 0 Å². The molecule has 1 aliphatic heterocycles. The quantitative estimate of drug-likeness (QED) is 0.487. The van der Waals surface area contributed by atoms with E-state index in [1.54, 1.807) is 4.90 Å². The van der Waals surface area contributed by atoms with Crippen LogP contribution >= 0.6 is 0 Å². The van der Waals surface area contributed by atoms with Gasteiger partial charge >= 0.3 is 0 Å². The number of nitrogens with one attached hydrogen (secondary N) is 1. The van der Waals surface area contributed by atoms with Crippen LogP contribution in [0.3, 0.4) is 0 Å². The molecule has 2 aliphatic rings. The Bertz CT molecular complexity index is 810. The fraction of sp³-hybridized carbons (Fsp3) is 0.679. The lowest BCUT2D eigenvalue weighted by Gasteiger charge is -2.31. The van der Waals surface area contributed by atoms with Crippen molar-refractivity contribution in [3.05, 3.63) is 35.9 Å².